The highest BCUT2D eigenvalue weighted by Crippen LogP contribution is 2.26. The molecule has 0 aliphatic heterocycles. The summed E-state index contributed by atoms with van der Waals surface area (Å²) in [6, 6.07) is 30.5. The van der Waals surface area contributed by atoms with Gasteiger partial charge in [-0.1, -0.05) is 115 Å². The van der Waals surface area contributed by atoms with Crippen LogP contribution in [0.15, 0.2) is 108 Å². The molecule has 1 aliphatic carbocycles. The molecule has 1 fully saturated rings. The van der Waals surface area contributed by atoms with Gasteiger partial charge in [0.05, 0.1) is 10.6 Å². The first-order valence-electron chi connectivity index (χ1n) is 16.5. The van der Waals surface area contributed by atoms with Crippen LogP contribution in [0, 0.1) is 20.8 Å². The van der Waals surface area contributed by atoms with Crippen molar-refractivity contribution < 1.29 is 18.0 Å². The van der Waals surface area contributed by atoms with Crippen LogP contribution in [0.2, 0.25) is 0 Å². The maximum absolute atomic E-state index is 14.7. The largest absolute Gasteiger partial charge is 0.352 e. The first kappa shape index (κ1) is 33.9. The maximum atomic E-state index is 14.7. The third kappa shape index (κ3) is 8.89. The first-order chi connectivity index (χ1) is 22.6. The van der Waals surface area contributed by atoms with Crippen LogP contribution < -0.4 is 9.62 Å². The number of nitrogens with one attached hydrogen (secondary N) is 1. The van der Waals surface area contributed by atoms with Gasteiger partial charge in [0.25, 0.3) is 10.0 Å². The SMILES string of the molecule is Cc1ccc(CN(C(=O)CN(c2ccc(C)cc2)S(=O)(=O)c2ccc(C)cc2)[C@@H](Cc2ccccc2)C(=O)NC2CCCCC2)cc1. The van der Waals surface area contributed by atoms with E-state index in [9.17, 15) is 18.0 Å². The fourth-order valence-corrected chi connectivity index (χ4v) is 7.48. The molecule has 8 heteroatoms. The van der Waals surface area contributed by atoms with Crippen LogP contribution >= 0.6 is 0 Å². The Morgan fingerprint density at radius 3 is 1.87 bits per heavy atom. The predicted molar refractivity (Wildman–Crippen MR) is 188 cm³/mol. The van der Waals surface area contributed by atoms with Crippen molar-refractivity contribution in [1.82, 2.24) is 10.2 Å². The number of rotatable bonds is 12. The Morgan fingerprint density at radius 1 is 0.723 bits per heavy atom. The number of aryl methyl sites for hydroxylation is 3. The number of nitrogens with zero attached hydrogens (tertiary/aromatic N) is 2. The molecule has 47 heavy (non-hydrogen) atoms. The quantitative estimate of drug-likeness (QED) is 0.181. The summed E-state index contributed by atoms with van der Waals surface area (Å²) in [4.78, 5) is 30.5. The maximum Gasteiger partial charge on any atom is 0.264 e. The minimum Gasteiger partial charge on any atom is -0.352 e. The number of amides is 2. The minimum absolute atomic E-state index is 0.0526. The van der Waals surface area contributed by atoms with Gasteiger partial charge in [0.2, 0.25) is 11.8 Å². The van der Waals surface area contributed by atoms with E-state index in [0.29, 0.717) is 12.1 Å². The summed E-state index contributed by atoms with van der Waals surface area (Å²) in [7, 11) is -4.13. The lowest BCUT2D eigenvalue weighted by atomic mass is 9.94. The third-order valence-corrected chi connectivity index (χ3v) is 10.7. The van der Waals surface area contributed by atoms with Gasteiger partial charge in [-0.15, -0.1) is 0 Å². The molecule has 7 nitrogen and oxygen atoms in total. The van der Waals surface area contributed by atoms with E-state index in [4.69, 9.17) is 0 Å². The summed E-state index contributed by atoms with van der Waals surface area (Å²) in [6.45, 7) is 5.51. The van der Waals surface area contributed by atoms with Crippen molar-refractivity contribution >= 4 is 27.5 Å². The second-order valence-corrected chi connectivity index (χ2v) is 14.6. The molecule has 1 N–H and O–H groups in total. The number of carbonyl (C=O) groups is 2. The van der Waals surface area contributed by atoms with Crippen molar-refractivity contribution in [1.29, 1.82) is 0 Å². The van der Waals surface area contributed by atoms with E-state index >= 15 is 0 Å². The number of hydrogen-bond donors (Lipinski definition) is 1. The van der Waals surface area contributed by atoms with Crippen LogP contribution in [0.1, 0.15) is 59.9 Å². The molecule has 0 spiro atoms. The van der Waals surface area contributed by atoms with Crippen LogP contribution in [-0.4, -0.2) is 43.8 Å². The topological polar surface area (TPSA) is 86.8 Å². The summed E-state index contributed by atoms with van der Waals surface area (Å²) in [5, 5.41) is 3.26. The molecule has 0 radical (unpaired) electrons. The lowest BCUT2D eigenvalue weighted by molar-refractivity contribution is -0.140. The molecule has 1 aliphatic rings. The number of sulfonamides is 1. The fourth-order valence-electron chi connectivity index (χ4n) is 6.07. The van der Waals surface area contributed by atoms with Crippen LogP contribution in [0.3, 0.4) is 0 Å². The Hall–Kier alpha value is -4.43. The molecule has 0 bridgehead atoms. The molecule has 0 saturated heterocycles. The van der Waals surface area contributed by atoms with E-state index in [1.165, 1.54) is 4.31 Å². The highest BCUT2D eigenvalue weighted by Gasteiger charge is 2.35. The second-order valence-electron chi connectivity index (χ2n) is 12.7. The molecule has 246 valence electrons. The van der Waals surface area contributed by atoms with Gasteiger partial charge >= 0.3 is 0 Å². The fraction of sp³-hybridized carbons (Fsp3) is 0.333. The molecular formula is C39H45N3O4S. The monoisotopic (exact) mass is 651 g/mol. The smallest absolute Gasteiger partial charge is 0.264 e. The molecule has 1 atom stereocenters. The lowest BCUT2D eigenvalue weighted by Crippen LogP contribution is -2.55. The molecule has 5 rings (SSSR count). The van der Waals surface area contributed by atoms with Crippen molar-refractivity contribution in [3.63, 3.8) is 0 Å². The molecule has 4 aromatic rings. The Kier molecular flexibility index (Phi) is 11.1. The second kappa shape index (κ2) is 15.4. The van der Waals surface area contributed by atoms with Gasteiger partial charge < -0.3 is 10.2 Å². The lowest BCUT2D eigenvalue weighted by Gasteiger charge is -2.35. The van der Waals surface area contributed by atoms with Crippen molar-refractivity contribution in [2.75, 3.05) is 10.8 Å². The molecule has 4 aromatic carbocycles. The number of benzene rings is 4. The van der Waals surface area contributed by atoms with E-state index in [1.807, 2.05) is 87.5 Å². The summed E-state index contributed by atoms with van der Waals surface area (Å²) in [5.74, 6) is -0.675. The van der Waals surface area contributed by atoms with E-state index in [2.05, 4.69) is 5.32 Å². The van der Waals surface area contributed by atoms with Crippen LogP contribution in [0.25, 0.3) is 0 Å². The summed E-state index contributed by atoms with van der Waals surface area (Å²) in [6.07, 6.45) is 5.39. The standard InChI is InChI=1S/C39H45N3O4S/c1-29-14-20-33(21-15-29)27-41(37(26-32-10-6-4-7-11-32)39(44)40-34-12-8-5-9-13-34)38(43)28-42(35-22-16-30(2)17-23-35)47(45,46)36-24-18-31(3)19-25-36/h4,6-7,10-11,14-25,34,37H,5,8-9,12-13,26-28H2,1-3H3,(H,40,44)/t37-/m0/s1. The Labute approximate surface area is 279 Å². The van der Waals surface area contributed by atoms with Crippen molar-refractivity contribution in [2.24, 2.45) is 0 Å². The van der Waals surface area contributed by atoms with E-state index < -0.39 is 28.5 Å². The van der Waals surface area contributed by atoms with Crippen LogP contribution in [-0.2, 0) is 32.6 Å². The van der Waals surface area contributed by atoms with Crippen molar-refractivity contribution in [2.45, 2.75) is 82.8 Å². The Morgan fingerprint density at radius 2 is 1.28 bits per heavy atom. The normalized spacial score (nSPS) is 14.3. The Balaban J connectivity index is 1.55. The zero-order valence-corrected chi connectivity index (χ0v) is 28.4. The number of carbonyl (C=O) groups excluding carboxylic acids is 2. The van der Waals surface area contributed by atoms with Gasteiger partial charge in [0.15, 0.2) is 0 Å². The molecule has 0 heterocycles. The first-order valence-corrected chi connectivity index (χ1v) is 17.9. The van der Waals surface area contributed by atoms with Crippen molar-refractivity contribution in [3.8, 4) is 0 Å². The number of hydrogen-bond acceptors (Lipinski definition) is 4. The average Bonchev–Trinajstić information content (AvgIpc) is 3.07. The average molecular weight is 652 g/mol. The molecular weight excluding hydrogens is 607 g/mol. The molecule has 2 amide bonds. The molecule has 1 saturated carbocycles. The zero-order valence-electron chi connectivity index (χ0n) is 27.6. The van der Waals surface area contributed by atoms with Crippen LogP contribution in [0.5, 0.6) is 0 Å². The molecule has 0 aromatic heterocycles. The highest BCUT2D eigenvalue weighted by molar-refractivity contribution is 7.92. The van der Waals surface area contributed by atoms with Gasteiger partial charge in [0, 0.05) is 19.0 Å². The minimum atomic E-state index is -4.13. The Bertz CT molecular complexity index is 1730. The van der Waals surface area contributed by atoms with Gasteiger partial charge in [0.1, 0.15) is 12.6 Å². The summed E-state index contributed by atoms with van der Waals surface area (Å²) < 4.78 is 29.6. The van der Waals surface area contributed by atoms with Gasteiger partial charge in [-0.25, -0.2) is 8.42 Å². The highest BCUT2D eigenvalue weighted by atomic mass is 32.2. The summed E-state index contributed by atoms with van der Waals surface area (Å²) >= 11 is 0. The predicted octanol–water partition coefficient (Wildman–Crippen LogP) is 6.90. The zero-order chi connectivity index (χ0) is 33.4. The summed E-state index contributed by atoms with van der Waals surface area (Å²) in [5.41, 5.74) is 5.13. The van der Waals surface area contributed by atoms with E-state index in [0.717, 1.165) is 59.9 Å². The van der Waals surface area contributed by atoms with Gasteiger partial charge in [-0.2, -0.15) is 0 Å². The number of anilines is 1. The van der Waals surface area contributed by atoms with E-state index in [-0.39, 0.29) is 23.4 Å². The molecule has 0 unspecified atom stereocenters. The van der Waals surface area contributed by atoms with Crippen LogP contribution in [0.4, 0.5) is 5.69 Å². The van der Waals surface area contributed by atoms with Gasteiger partial charge in [-0.05, 0) is 69.0 Å². The van der Waals surface area contributed by atoms with E-state index in [1.54, 1.807) is 41.3 Å². The van der Waals surface area contributed by atoms with Crippen molar-refractivity contribution in [3.05, 3.63) is 131 Å². The van der Waals surface area contributed by atoms with Gasteiger partial charge in [-0.3, -0.25) is 13.9 Å². The third-order valence-electron chi connectivity index (χ3n) is 8.91.